The third-order valence-electron chi connectivity index (χ3n) is 8.79. The fraction of sp³-hybridized carbons (Fsp3) is 0. The van der Waals surface area contributed by atoms with Crippen molar-refractivity contribution in [3.63, 3.8) is 0 Å². The molecule has 0 aliphatic carbocycles. The Morgan fingerprint density at radius 2 is 0.851 bits per heavy atom. The highest BCUT2D eigenvalue weighted by Gasteiger charge is 2.16. The highest BCUT2D eigenvalue weighted by atomic mass is 15.0. The van der Waals surface area contributed by atoms with Gasteiger partial charge in [-0.3, -0.25) is 19.9 Å². The average Bonchev–Trinajstić information content (AvgIpc) is 3.48. The molecule has 0 radical (unpaired) electrons. The van der Waals surface area contributed by atoms with Gasteiger partial charge in [-0.1, -0.05) is 54.6 Å². The molecule has 0 fully saturated rings. The standard InChI is InChI=1S/C42H27N5/c1-2-8-29-23-34(14-11-28(29)7-1)47-41-15-12-30(39-26-32(17-21-45-39)37-9-3-5-19-43-37)24-35(41)36-25-31(13-16-42(36)47)40-27-33(18-22-46-40)38-10-4-6-20-44-38/h1-27H. The van der Waals surface area contributed by atoms with E-state index in [1.54, 1.807) is 0 Å². The quantitative estimate of drug-likeness (QED) is 0.197. The number of benzene rings is 4. The van der Waals surface area contributed by atoms with E-state index in [1.165, 1.54) is 10.8 Å². The van der Waals surface area contributed by atoms with E-state index in [9.17, 15) is 0 Å². The third kappa shape index (κ3) is 4.82. The van der Waals surface area contributed by atoms with Gasteiger partial charge < -0.3 is 4.57 Å². The molecule has 5 nitrogen and oxygen atoms in total. The van der Waals surface area contributed by atoms with Gasteiger partial charge in [0.15, 0.2) is 0 Å². The van der Waals surface area contributed by atoms with E-state index in [2.05, 4.69) is 106 Å². The molecule has 9 rings (SSSR count). The number of aromatic nitrogens is 5. The minimum absolute atomic E-state index is 0.905. The van der Waals surface area contributed by atoms with Crippen LogP contribution in [0.5, 0.6) is 0 Å². The largest absolute Gasteiger partial charge is 0.309 e. The molecule has 0 bridgehead atoms. The molecule has 0 saturated carbocycles. The van der Waals surface area contributed by atoms with E-state index < -0.39 is 0 Å². The molecule has 0 aliphatic rings. The van der Waals surface area contributed by atoms with Gasteiger partial charge in [-0.2, -0.15) is 0 Å². The summed E-state index contributed by atoms with van der Waals surface area (Å²) in [5.41, 5.74) is 11.2. The third-order valence-corrected chi connectivity index (χ3v) is 8.79. The molecular formula is C42H27N5. The summed E-state index contributed by atoms with van der Waals surface area (Å²) in [6.45, 7) is 0. The number of fused-ring (bicyclic) bond motifs is 4. The fourth-order valence-electron chi connectivity index (χ4n) is 6.50. The van der Waals surface area contributed by atoms with Crippen LogP contribution in [0.3, 0.4) is 0 Å². The van der Waals surface area contributed by atoms with Gasteiger partial charge in [0.25, 0.3) is 0 Å². The van der Waals surface area contributed by atoms with E-state index in [4.69, 9.17) is 9.97 Å². The summed E-state index contributed by atoms with van der Waals surface area (Å²) >= 11 is 0. The van der Waals surface area contributed by atoms with Crippen LogP contribution in [0.15, 0.2) is 164 Å². The van der Waals surface area contributed by atoms with Gasteiger partial charge in [-0.15, -0.1) is 0 Å². The molecule has 0 aliphatic heterocycles. The van der Waals surface area contributed by atoms with E-state index in [1.807, 2.05) is 73.3 Å². The Morgan fingerprint density at radius 1 is 0.340 bits per heavy atom. The molecule has 0 unspecified atom stereocenters. The number of nitrogens with zero attached hydrogens (tertiary/aromatic N) is 5. The smallest absolute Gasteiger partial charge is 0.0708 e. The summed E-state index contributed by atoms with van der Waals surface area (Å²) in [4.78, 5) is 18.7. The Bertz CT molecular complexity index is 2430. The first-order valence-electron chi connectivity index (χ1n) is 15.6. The summed E-state index contributed by atoms with van der Waals surface area (Å²) in [5, 5.41) is 4.73. The van der Waals surface area contributed by atoms with Gasteiger partial charge in [0, 0.05) is 63.5 Å². The number of hydrogen-bond acceptors (Lipinski definition) is 4. The molecule has 0 N–H and O–H groups in total. The maximum absolute atomic E-state index is 4.77. The van der Waals surface area contributed by atoms with Gasteiger partial charge in [0.2, 0.25) is 0 Å². The molecule has 5 heteroatoms. The van der Waals surface area contributed by atoms with Crippen molar-refractivity contribution in [1.29, 1.82) is 0 Å². The second kappa shape index (κ2) is 11.2. The topological polar surface area (TPSA) is 56.5 Å². The first kappa shape index (κ1) is 26.9. The van der Waals surface area contributed by atoms with Crippen molar-refractivity contribution in [1.82, 2.24) is 24.5 Å². The number of rotatable bonds is 5. The molecule has 47 heavy (non-hydrogen) atoms. The monoisotopic (exact) mass is 601 g/mol. The van der Waals surface area contributed by atoms with Crippen molar-refractivity contribution in [2.24, 2.45) is 0 Å². The van der Waals surface area contributed by atoms with Crippen LogP contribution in [0.2, 0.25) is 0 Å². The first-order valence-corrected chi connectivity index (χ1v) is 15.6. The minimum Gasteiger partial charge on any atom is -0.309 e. The van der Waals surface area contributed by atoms with Crippen LogP contribution in [0, 0.1) is 0 Å². The van der Waals surface area contributed by atoms with Crippen LogP contribution in [0.25, 0.3) is 83.3 Å². The fourth-order valence-corrected chi connectivity index (χ4v) is 6.50. The van der Waals surface area contributed by atoms with Gasteiger partial charge in [-0.05, 0) is 95.7 Å². The van der Waals surface area contributed by atoms with Crippen molar-refractivity contribution in [3.05, 3.63) is 164 Å². The zero-order chi connectivity index (χ0) is 31.2. The molecule has 0 amide bonds. The lowest BCUT2D eigenvalue weighted by molar-refractivity contribution is 1.18. The van der Waals surface area contributed by atoms with Gasteiger partial charge >= 0.3 is 0 Å². The van der Waals surface area contributed by atoms with E-state index >= 15 is 0 Å². The number of pyridine rings is 4. The lowest BCUT2D eigenvalue weighted by Crippen LogP contribution is -1.94. The maximum Gasteiger partial charge on any atom is 0.0708 e. The Labute approximate surface area is 271 Å². The summed E-state index contributed by atoms with van der Waals surface area (Å²) < 4.78 is 2.36. The molecule has 5 aromatic heterocycles. The van der Waals surface area contributed by atoms with Crippen molar-refractivity contribution < 1.29 is 0 Å². The van der Waals surface area contributed by atoms with Gasteiger partial charge in [-0.25, -0.2) is 0 Å². The second-order valence-electron chi connectivity index (χ2n) is 11.6. The van der Waals surface area contributed by atoms with Crippen LogP contribution < -0.4 is 0 Å². The first-order chi connectivity index (χ1) is 23.3. The Morgan fingerprint density at radius 3 is 1.40 bits per heavy atom. The summed E-state index contributed by atoms with van der Waals surface area (Å²) in [7, 11) is 0. The molecule has 0 atom stereocenters. The van der Waals surface area contributed by atoms with Crippen molar-refractivity contribution in [2.45, 2.75) is 0 Å². The SMILES string of the molecule is c1ccc(-c2ccnc(-c3ccc4c(c3)c3cc(-c5cc(-c6ccccn6)ccn5)ccc3n4-c3ccc4ccccc4c3)c2)nc1. The Hall–Kier alpha value is -6.46. The van der Waals surface area contributed by atoms with E-state index in [-0.39, 0.29) is 0 Å². The Balaban J connectivity index is 1.25. The minimum atomic E-state index is 0.905. The maximum atomic E-state index is 4.77. The molecule has 0 saturated heterocycles. The Kier molecular flexibility index (Phi) is 6.39. The average molecular weight is 602 g/mol. The highest BCUT2D eigenvalue weighted by molar-refractivity contribution is 6.11. The summed E-state index contributed by atoms with van der Waals surface area (Å²) in [6, 6.07) is 48.7. The molecule has 4 aromatic carbocycles. The van der Waals surface area contributed by atoms with Crippen LogP contribution in [-0.4, -0.2) is 24.5 Å². The zero-order valence-corrected chi connectivity index (χ0v) is 25.3. The van der Waals surface area contributed by atoms with Crippen molar-refractivity contribution in [3.8, 4) is 50.7 Å². The predicted octanol–water partition coefficient (Wildman–Crippen LogP) is 10.2. The predicted molar refractivity (Wildman–Crippen MR) is 191 cm³/mol. The van der Waals surface area contributed by atoms with E-state index in [0.29, 0.717) is 0 Å². The highest BCUT2D eigenvalue weighted by Crippen LogP contribution is 2.38. The second-order valence-corrected chi connectivity index (χ2v) is 11.6. The van der Waals surface area contributed by atoms with Crippen LogP contribution in [0.4, 0.5) is 0 Å². The molecular weight excluding hydrogens is 574 g/mol. The van der Waals surface area contributed by atoms with Crippen LogP contribution in [-0.2, 0) is 0 Å². The van der Waals surface area contributed by atoms with Crippen LogP contribution in [0.1, 0.15) is 0 Å². The zero-order valence-electron chi connectivity index (χ0n) is 25.3. The summed E-state index contributed by atoms with van der Waals surface area (Å²) in [6.07, 6.45) is 7.36. The number of hydrogen-bond donors (Lipinski definition) is 0. The van der Waals surface area contributed by atoms with Gasteiger partial charge in [0.1, 0.15) is 0 Å². The molecule has 220 valence electrons. The molecule has 9 aromatic rings. The van der Waals surface area contributed by atoms with Gasteiger partial charge in [0.05, 0.1) is 33.8 Å². The molecule has 5 heterocycles. The van der Waals surface area contributed by atoms with E-state index in [0.717, 1.165) is 72.5 Å². The molecule has 0 spiro atoms. The normalized spacial score (nSPS) is 11.4. The lowest BCUT2D eigenvalue weighted by Gasteiger charge is -2.10. The summed E-state index contributed by atoms with van der Waals surface area (Å²) in [5.74, 6) is 0. The van der Waals surface area contributed by atoms with Crippen LogP contribution >= 0.6 is 0 Å². The van der Waals surface area contributed by atoms with Crippen molar-refractivity contribution in [2.75, 3.05) is 0 Å². The lowest BCUT2D eigenvalue weighted by atomic mass is 10.0. The van der Waals surface area contributed by atoms with Crippen molar-refractivity contribution >= 4 is 32.6 Å².